The third-order valence-electron chi connectivity index (χ3n) is 3.60. The van der Waals surface area contributed by atoms with E-state index in [1.54, 1.807) is 11.3 Å². The van der Waals surface area contributed by atoms with Crippen LogP contribution in [0.4, 0.5) is 0 Å². The Bertz CT molecular complexity index is 648. The maximum Gasteiger partial charge on any atom is 0.251 e. The lowest BCUT2D eigenvalue weighted by atomic mass is 9.86. The molecule has 1 amide bonds. The topological polar surface area (TPSA) is 43.1 Å². The summed E-state index contributed by atoms with van der Waals surface area (Å²) < 4.78 is 0.960. The molecule has 1 aromatic heterocycles. The van der Waals surface area contributed by atoms with Crippen molar-refractivity contribution in [3.05, 3.63) is 43.7 Å². The molecule has 2 aromatic rings. The van der Waals surface area contributed by atoms with Gasteiger partial charge in [-0.1, -0.05) is 45.0 Å². The second kappa shape index (κ2) is 6.92. The van der Waals surface area contributed by atoms with Crippen molar-refractivity contribution in [1.29, 1.82) is 0 Å². The molecule has 0 saturated heterocycles. The monoisotopic (exact) mass is 413 g/mol. The van der Waals surface area contributed by atoms with Crippen molar-refractivity contribution in [1.82, 2.24) is 0 Å². The summed E-state index contributed by atoms with van der Waals surface area (Å²) in [6.07, 6.45) is 1.13. The molecule has 0 aliphatic carbocycles. The molecule has 112 valence electrons. The van der Waals surface area contributed by atoms with Gasteiger partial charge in [-0.25, -0.2) is 0 Å². The summed E-state index contributed by atoms with van der Waals surface area (Å²) in [5.41, 5.74) is 9.63. The molecule has 1 aromatic carbocycles. The minimum atomic E-state index is -0.345. The number of halogens is 1. The minimum absolute atomic E-state index is 0.345. The lowest BCUT2D eigenvalue weighted by Gasteiger charge is -2.18. The number of amides is 1. The molecular formula is C17H20INOS. The average molecular weight is 413 g/mol. The molecular weight excluding hydrogens is 393 g/mol. The molecule has 2 N–H and O–H groups in total. The SMILES string of the molecule is CC(C)CC(C)c1ccccc1-c1csc(I)c1C(N)=O. The van der Waals surface area contributed by atoms with E-state index in [4.69, 9.17) is 5.73 Å². The minimum Gasteiger partial charge on any atom is -0.366 e. The molecule has 0 aliphatic heterocycles. The van der Waals surface area contributed by atoms with Crippen LogP contribution < -0.4 is 5.73 Å². The van der Waals surface area contributed by atoms with E-state index in [0.717, 1.165) is 20.4 Å². The molecule has 21 heavy (non-hydrogen) atoms. The number of nitrogens with two attached hydrogens (primary N) is 1. The van der Waals surface area contributed by atoms with Crippen LogP contribution in [0.1, 0.15) is 49.0 Å². The summed E-state index contributed by atoms with van der Waals surface area (Å²) in [5, 5.41) is 2.04. The average Bonchev–Trinajstić information content (AvgIpc) is 2.79. The molecule has 0 saturated carbocycles. The van der Waals surface area contributed by atoms with Gasteiger partial charge in [-0.3, -0.25) is 4.79 Å². The van der Waals surface area contributed by atoms with E-state index in [-0.39, 0.29) is 5.91 Å². The second-order valence-electron chi connectivity index (χ2n) is 5.78. The lowest BCUT2D eigenvalue weighted by Crippen LogP contribution is -2.12. The molecule has 0 spiro atoms. The van der Waals surface area contributed by atoms with E-state index < -0.39 is 0 Å². The number of benzene rings is 1. The number of rotatable bonds is 5. The third-order valence-corrected chi connectivity index (χ3v) is 5.67. The van der Waals surface area contributed by atoms with E-state index in [1.807, 2.05) is 11.4 Å². The molecule has 0 bridgehead atoms. The molecule has 0 radical (unpaired) electrons. The Balaban J connectivity index is 2.53. The van der Waals surface area contributed by atoms with E-state index >= 15 is 0 Å². The zero-order valence-corrected chi connectivity index (χ0v) is 15.5. The molecule has 4 heteroatoms. The van der Waals surface area contributed by atoms with Crippen LogP contribution in [0.25, 0.3) is 11.1 Å². The lowest BCUT2D eigenvalue weighted by molar-refractivity contribution is 0.100. The van der Waals surface area contributed by atoms with E-state index in [0.29, 0.717) is 17.4 Å². The van der Waals surface area contributed by atoms with Crippen LogP contribution in [0, 0.1) is 8.80 Å². The van der Waals surface area contributed by atoms with Gasteiger partial charge in [0, 0.05) is 10.9 Å². The van der Waals surface area contributed by atoms with Crippen molar-refractivity contribution in [2.24, 2.45) is 11.7 Å². The van der Waals surface area contributed by atoms with Gasteiger partial charge >= 0.3 is 0 Å². The van der Waals surface area contributed by atoms with Gasteiger partial charge < -0.3 is 5.73 Å². The summed E-state index contributed by atoms with van der Waals surface area (Å²) in [7, 11) is 0. The van der Waals surface area contributed by atoms with Gasteiger partial charge in [0.1, 0.15) is 0 Å². The molecule has 1 unspecified atom stereocenters. The van der Waals surface area contributed by atoms with Crippen molar-refractivity contribution in [2.75, 3.05) is 0 Å². The molecule has 0 aliphatic rings. The Morgan fingerprint density at radius 1 is 1.24 bits per heavy atom. The zero-order valence-electron chi connectivity index (χ0n) is 12.5. The number of primary amides is 1. The number of carbonyl (C=O) groups excluding carboxylic acids is 1. The fourth-order valence-corrected chi connectivity index (χ4v) is 4.50. The molecule has 2 rings (SSSR count). The Morgan fingerprint density at radius 2 is 1.90 bits per heavy atom. The van der Waals surface area contributed by atoms with Crippen LogP contribution in [-0.2, 0) is 0 Å². The first-order chi connectivity index (χ1) is 9.91. The van der Waals surface area contributed by atoms with Crippen LogP contribution >= 0.6 is 33.9 Å². The molecule has 0 fully saturated rings. The Kier molecular flexibility index (Phi) is 5.43. The van der Waals surface area contributed by atoms with Gasteiger partial charge in [0.2, 0.25) is 0 Å². The molecule has 1 atom stereocenters. The smallest absolute Gasteiger partial charge is 0.251 e. The predicted octanol–water partition coefficient (Wildman–Crippen LogP) is 5.27. The van der Waals surface area contributed by atoms with Crippen LogP contribution in [-0.4, -0.2) is 5.91 Å². The first kappa shape index (κ1) is 16.5. The molecule has 2 nitrogen and oxygen atoms in total. The third kappa shape index (κ3) is 3.66. The van der Waals surface area contributed by atoms with Crippen molar-refractivity contribution in [3.8, 4) is 11.1 Å². The van der Waals surface area contributed by atoms with Gasteiger partial charge in [-0.2, -0.15) is 0 Å². The summed E-state index contributed by atoms with van der Waals surface area (Å²) in [5.74, 6) is 0.757. The zero-order chi connectivity index (χ0) is 15.6. The normalized spacial score (nSPS) is 12.6. The Hall–Kier alpha value is -0.880. The van der Waals surface area contributed by atoms with E-state index in [2.05, 4.69) is 61.6 Å². The van der Waals surface area contributed by atoms with Gasteiger partial charge in [-0.15, -0.1) is 11.3 Å². The van der Waals surface area contributed by atoms with Crippen molar-refractivity contribution < 1.29 is 4.79 Å². The first-order valence-electron chi connectivity index (χ1n) is 7.07. The number of carbonyl (C=O) groups is 1. The van der Waals surface area contributed by atoms with Crippen LogP contribution in [0.2, 0.25) is 0 Å². The van der Waals surface area contributed by atoms with Crippen molar-refractivity contribution in [3.63, 3.8) is 0 Å². The van der Waals surface area contributed by atoms with Crippen LogP contribution in [0.3, 0.4) is 0 Å². The summed E-state index contributed by atoms with van der Waals surface area (Å²) in [4.78, 5) is 11.8. The Labute approximate surface area is 143 Å². The maximum absolute atomic E-state index is 11.8. The highest BCUT2D eigenvalue weighted by atomic mass is 127. The quantitative estimate of drug-likeness (QED) is 0.667. The van der Waals surface area contributed by atoms with Gasteiger partial charge in [0.05, 0.1) is 8.45 Å². The van der Waals surface area contributed by atoms with E-state index in [1.165, 1.54) is 5.56 Å². The van der Waals surface area contributed by atoms with Crippen molar-refractivity contribution >= 4 is 39.8 Å². The summed E-state index contributed by atoms with van der Waals surface area (Å²) in [6.45, 7) is 6.73. The first-order valence-corrected chi connectivity index (χ1v) is 9.03. The summed E-state index contributed by atoms with van der Waals surface area (Å²) in [6, 6.07) is 8.35. The van der Waals surface area contributed by atoms with Crippen LogP contribution in [0.15, 0.2) is 29.6 Å². The highest BCUT2D eigenvalue weighted by molar-refractivity contribution is 14.1. The fraction of sp³-hybridized carbons (Fsp3) is 0.353. The van der Waals surface area contributed by atoms with Gasteiger partial charge in [0.15, 0.2) is 0 Å². The highest BCUT2D eigenvalue weighted by Gasteiger charge is 2.20. The summed E-state index contributed by atoms with van der Waals surface area (Å²) >= 11 is 3.76. The fourth-order valence-electron chi connectivity index (χ4n) is 2.77. The maximum atomic E-state index is 11.8. The molecule has 1 heterocycles. The van der Waals surface area contributed by atoms with E-state index in [9.17, 15) is 4.79 Å². The second-order valence-corrected chi connectivity index (χ2v) is 8.47. The Morgan fingerprint density at radius 3 is 2.52 bits per heavy atom. The largest absolute Gasteiger partial charge is 0.366 e. The predicted molar refractivity (Wildman–Crippen MR) is 98.9 cm³/mol. The van der Waals surface area contributed by atoms with Crippen LogP contribution in [0.5, 0.6) is 0 Å². The van der Waals surface area contributed by atoms with Crippen molar-refractivity contribution in [2.45, 2.75) is 33.1 Å². The number of thiophene rings is 1. The van der Waals surface area contributed by atoms with Gasteiger partial charge in [-0.05, 0) is 52.0 Å². The number of hydrogen-bond donors (Lipinski definition) is 1. The van der Waals surface area contributed by atoms with Gasteiger partial charge in [0.25, 0.3) is 5.91 Å². The number of hydrogen-bond acceptors (Lipinski definition) is 2. The highest BCUT2D eigenvalue weighted by Crippen LogP contribution is 2.38. The standard InChI is InChI=1S/C17H20INOS/c1-10(2)8-11(3)12-6-4-5-7-13(12)14-9-21-16(18)15(14)17(19)20/h4-7,9-11H,8H2,1-3H3,(H2,19,20).